The first-order valence-corrected chi connectivity index (χ1v) is 9.00. The quantitative estimate of drug-likeness (QED) is 0.620. The lowest BCUT2D eigenvalue weighted by atomic mass is 9.97. The monoisotopic (exact) mass is 364 g/mol. The van der Waals surface area contributed by atoms with E-state index in [0.717, 1.165) is 19.3 Å². The molecule has 1 saturated heterocycles. The normalized spacial score (nSPS) is 16.8. The van der Waals surface area contributed by atoms with Crippen molar-refractivity contribution in [2.75, 3.05) is 13.2 Å². The summed E-state index contributed by atoms with van der Waals surface area (Å²) in [4.78, 5) is 37.8. The fraction of sp³-hybridized carbons (Fsp3) is 0.526. The van der Waals surface area contributed by atoms with E-state index in [1.807, 2.05) is 0 Å². The van der Waals surface area contributed by atoms with Gasteiger partial charge in [0.25, 0.3) is 0 Å². The van der Waals surface area contributed by atoms with Gasteiger partial charge in [-0.25, -0.2) is 4.39 Å². The maximum absolute atomic E-state index is 12.9. The van der Waals surface area contributed by atoms with Crippen LogP contribution < -0.4 is 5.32 Å². The number of piperidine rings is 1. The molecule has 6 nitrogen and oxygen atoms in total. The summed E-state index contributed by atoms with van der Waals surface area (Å²) in [6, 6.07) is 5.60. The van der Waals surface area contributed by atoms with Crippen molar-refractivity contribution in [1.29, 1.82) is 0 Å². The molecule has 142 valence electrons. The van der Waals surface area contributed by atoms with E-state index in [4.69, 9.17) is 4.74 Å². The van der Waals surface area contributed by atoms with Crippen molar-refractivity contribution in [3.8, 4) is 0 Å². The molecule has 2 amide bonds. The van der Waals surface area contributed by atoms with Gasteiger partial charge in [0, 0.05) is 25.6 Å². The van der Waals surface area contributed by atoms with Gasteiger partial charge < -0.3 is 15.0 Å². The van der Waals surface area contributed by atoms with Crippen molar-refractivity contribution >= 4 is 17.8 Å². The highest BCUT2D eigenvalue weighted by molar-refractivity contribution is 6.35. The zero-order chi connectivity index (χ0) is 18.9. The Labute approximate surface area is 152 Å². The van der Waals surface area contributed by atoms with Gasteiger partial charge in [-0.15, -0.1) is 0 Å². The van der Waals surface area contributed by atoms with Gasteiger partial charge in [-0.05, 0) is 50.3 Å². The van der Waals surface area contributed by atoms with Crippen LogP contribution >= 0.6 is 0 Å². The van der Waals surface area contributed by atoms with E-state index < -0.39 is 11.8 Å². The predicted octanol–water partition coefficient (Wildman–Crippen LogP) is 2.17. The minimum atomic E-state index is -0.683. The van der Waals surface area contributed by atoms with E-state index in [0.29, 0.717) is 25.1 Å². The van der Waals surface area contributed by atoms with Gasteiger partial charge in [-0.3, -0.25) is 14.4 Å². The van der Waals surface area contributed by atoms with Crippen LogP contribution in [-0.4, -0.2) is 41.9 Å². The Kier molecular flexibility index (Phi) is 7.56. The lowest BCUT2D eigenvalue weighted by molar-refractivity contribution is -0.149. The summed E-state index contributed by atoms with van der Waals surface area (Å²) >= 11 is 0. The van der Waals surface area contributed by atoms with Crippen molar-refractivity contribution < 1.29 is 23.5 Å². The molecule has 0 spiro atoms. The van der Waals surface area contributed by atoms with Crippen LogP contribution in [0.15, 0.2) is 24.3 Å². The number of esters is 1. The molecule has 1 aromatic rings. The van der Waals surface area contributed by atoms with Crippen molar-refractivity contribution in [2.24, 2.45) is 0 Å². The van der Waals surface area contributed by atoms with Crippen LogP contribution in [0.25, 0.3) is 0 Å². The van der Waals surface area contributed by atoms with Crippen LogP contribution in [-0.2, 0) is 25.7 Å². The molecule has 0 saturated carbocycles. The number of amides is 2. The molecule has 1 heterocycles. The van der Waals surface area contributed by atoms with E-state index in [1.54, 1.807) is 24.0 Å². The number of likely N-dealkylation sites (tertiary alicyclic amines) is 1. The summed E-state index contributed by atoms with van der Waals surface area (Å²) in [6.45, 7) is 2.75. The Hall–Kier alpha value is -2.44. The SMILES string of the molecule is CCOC(=O)CC[C@H]1CCCCN1C(=O)C(=O)NCc1ccc(F)cc1. The zero-order valence-electron chi connectivity index (χ0n) is 15.0. The van der Waals surface area contributed by atoms with Gasteiger partial charge in [0.2, 0.25) is 0 Å². The van der Waals surface area contributed by atoms with Gasteiger partial charge in [-0.2, -0.15) is 0 Å². The van der Waals surface area contributed by atoms with Crippen LogP contribution in [0.2, 0.25) is 0 Å². The number of ether oxygens (including phenoxy) is 1. The first kappa shape index (κ1) is 19.9. The molecular weight excluding hydrogens is 339 g/mol. The molecular formula is C19H25FN2O4. The van der Waals surface area contributed by atoms with Crippen molar-refractivity contribution in [2.45, 2.75) is 51.6 Å². The standard InChI is InChI=1S/C19H25FN2O4/c1-2-26-17(23)11-10-16-5-3-4-12-22(16)19(25)18(24)21-13-14-6-8-15(20)9-7-14/h6-9,16H,2-5,10-13H2,1H3,(H,21,24)/t16-/m1/s1. The third kappa shape index (κ3) is 5.82. The van der Waals surface area contributed by atoms with Gasteiger partial charge >= 0.3 is 17.8 Å². The molecule has 1 atom stereocenters. The van der Waals surface area contributed by atoms with E-state index in [1.165, 1.54) is 12.1 Å². The second-order valence-electron chi connectivity index (χ2n) is 6.30. The van der Waals surface area contributed by atoms with E-state index in [-0.39, 0.29) is 30.8 Å². The minimum absolute atomic E-state index is 0.128. The van der Waals surface area contributed by atoms with Crippen molar-refractivity contribution in [3.63, 3.8) is 0 Å². The molecule has 0 radical (unpaired) electrons. The molecule has 0 bridgehead atoms. The number of benzene rings is 1. The van der Waals surface area contributed by atoms with Crippen LogP contribution in [0.3, 0.4) is 0 Å². The lowest BCUT2D eigenvalue weighted by Crippen LogP contribution is -2.50. The average Bonchev–Trinajstić information content (AvgIpc) is 2.65. The second-order valence-corrected chi connectivity index (χ2v) is 6.30. The summed E-state index contributed by atoms with van der Waals surface area (Å²) in [5.41, 5.74) is 0.713. The summed E-state index contributed by atoms with van der Waals surface area (Å²) in [6.07, 6.45) is 3.31. The Morgan fingerprint density at radius 2 is 1.96 bits per heavy atom. The Balaban J connectivity index is 1.88. The largest absolute Gasteiger partial charge is 0.466 e. The van der Waals surface area contributed by atoms with E-state index in [9.17, 15) is 18.8 Å². The maximum Gasteiger partial charge on any atom is 0.312 e. The molecule has 2 rings (SSSR count). The summed E-state index contributed by atoms with van der Waals surface area (Å²) in [5, 5.41) is 2.58. The van der Waals surface area contributed by atoms with E-state index >= 15 is 0 Å². The predicted molar refractivity (Wildman–Crippen MR) is 93.5 cm³/mol. The number of rotatable bonds is 6. The number of carbonyl (C=O) groups excluding carboxylic acids is 3. The fourth-order valence-corrected chi connectivity index (χ4v) is 3.08. The van der Waals surface area contributed by atoms with Gasteiger partial charge in [0.15, 0.2) is 0 Å². The first-order chi connectivity index (χ1) is 12.5. The number of hydrogen-bond acceptors (Lipinski definition) is 4. The number of halogens is 1. The number of carbonyl (C=O) groups is 3. The molecule has 7 heteroatoms. The highest BCUT2D eigenvalue weighted by Crippen LogP contribution is 2.21. The van der Waals surface area contributed by atoms with Crippen LogP contribution in [0.5, 0.6) is 0 Å². The molecule has 0 aromatic heterocycles. The first-order valence-electron chi connectivity index (χ1n) is 9.00. The molecule has 1 N–H and O–H groups in total. The molecule has 1 fully saturated rings. The van der Waals surface area contributed by atoms with Crippen molar-refractivity contribution in [3.05, 3.63) is 35.6 Å². The Morgan fingerprint density at radius 3 is 2.65 bits per heavy atom. The van der Waals surface area contributed by atoms with Gasteiger partial charge in [0.05, 0.1) is 6.61 Å². The molecule has 1 aliphatic heterocycles. The molecule has 1 aromatic carbocycles. The minimum Gasteiger partial charge on any atom is -0.466 e. The van der Waals surface area contributed by atoms with Crippen molar-refractivity contribution in [1.82, 2.24) is 10.2 Å². The zero-order valence-corrected chi connectivity index (χ0v) is 15.0. The average molecular weight is 364 g/mol. The van der Waals surface area contributed by atoms with Crippen LogP contribution in [0.1, 0.15) is 44.6 Å². The van der Waals surface area contributed by atoms with Crippen LogP contribution in [0.4, 0.5) is 4.39 Å². The smallest absolute Gasteiger partial charge is 0.312 e. The number of hydrogen-bond donors (Lipinski definition) is 1. The highest BCUT2D eigenvalue weighted by Gasteiger charge is 2.30. The third-order valence-electron chi connectivity index (χ3n) is 4.44. The molecule has 0 unspecified atom stereocenters. The second kappa shape index (κ2) is 9.89. The third-order valence-corrected chi connectivity index (χ3v) is 4.44. The highest BCUT2D eigenvalue weighted by atomic mass is 19.1. The van der Waals surface area contributed by atoms with E-state index in [2.05, 4.69) is 5.32 Å². The topological polar surface area (TPSA) is 75.7 Å². The molecule has 1 aliphatic rings. The maximum atomic E-state index is 12.9. The fourth-order valence-electron chi connectivity index (χ4n) is 3.08. The number of nitrogens with one attached hydrogen (secondary N) is 1. The summed E-state index contributed by atoms with van der Waals surface area (Å²) in [5.74, 6) is -1.90. The van der Waals surface area contributed by atoms with Gasteiger partial charge in [0.1, 0.15) is 5.82 Å². The van der Waals surface area contributed by atoms with Crippen LogP contribution in [0, 0.1) is 5.82 Å². The molecule has 0 aliphatic carbocycles. The summed E-state index contributed by atoms with van der Waals surface area (Å²) < 4.78 is 17.8. The Bertz CT molecular complexity index is 633. The van der Waals surface area contributed by atoms with Gasteiger partial charge in [-0.1, -0.05) is 12.1 Å². The number of nitrogens with zero attached hydrogens (tertiary/aromatic N) is 1. The Morgan fingerprint density at radius 1 is 1.23 bits per heavy atom. The molecule has 26 heavy (non-hydrogen) atoms. The lowest BCUT2D eigenvalue weighted by Gasteiger charge is -2.35. The summed E-state index contributed by atoms with van der Waals surface area (Å²) in [7, 11) is 0.